The summed E-state index contributed by atoms with van der Waals surface area (Å²) in [6.45, 7) is 0.0721. The monoisotopic (exact) mass is 273 g/mol. The molecule has 1 aromatic rings. The van der Waals surface area contributed by atoms with Gasteiger partial charge in [-0.25, -0.2) is 0 Å². The smallest absolute Gasteiger partial charge is 0.173 e. The fourth-order valence-electron chi connectivity index (χ4n) is 2.53. The highest BCUT2D eigenvalue weighted by Crippen LogP contribution is 2.26. The molecule has 2 rings (SSSR count). The summed E-state index contributed by atoms with van der Waals surface area (Å²) in [4.78, 5) is 12.1. The number of rotatable bonds is 5. The first kappa shape index (κ1) is 14.4. The number of benzene rings is 1. The zero-order valence-corrected chi connectivity index (χ0v) is 11.7. The Morgan fingerprint density at radius 3 is 2.60 bits per heavy atom. The van der Waals surface area contributed by atoms with Crippen molar-refractivity contribution in [3.05, 3.63) is 23.8 Å². The topological polar surface area (TPSA) is 59.3 Å². The average molecular weight is 273 g/mol. The number of hydrogen-bond donors (Lipinski definition) is 0. The van der Waals surface area contributed by atoms with E-state index in [1.165, 1.54) is 13.5 Å². The predicted molar refractivity (Wildman–Crippen MR) is 74.8 cm³/mol. The second-order valence-electron chi connectivity index (χ2n) is 5.10. The number of ether oxygens (including phenoxy) is 2. The van der Waals surface area contributed by atoms with Gasteiger partial charge in [-0.2, -0.15) is 5.26 Å². The maximum atomic E-state index is 12.1. The fraction of sp³-hybridized carbons (Fsp3) is 0.500. The highest BCUT2D eigenvalue weighted by atomic mass is 16.5. The number of Topliss-reactive ketones (excluding diaryl/α,β-unsaturated/α-hetero) is 1. The van der Waals surface area contributed by atoms with Crippen LogP contribution in [0.4, 0.5) is 0 Å². The minimum Gasteiger partial charge on any atom is -0.497 e. The molecule has 1 aliphatic carbocycles. The van der Waals surface area contributed by atoms with Crippen molar-refractivity contribution in [1.29, 1.82) is 5.26 Å². The summed E-state index contributed by atoms with van der Waals surface area (Å²) >= 11 is 0. The maximum Gasteiger partial charge on any atom is 0.173 e. The van der Waals surface area contributed by atoms with Crippen molar-refractivity contribution in [3.63, 3.8) is 0 Å². The van der Waals surface area contributed by atoms with Crippen LogP contribution in [0.1, 0.15) is 37.7 Å². The van der Waals surface area contributed by atoms with Crippen LogP contribution in [0, 0.1) is 17.2 Å². The molecule has 1 aromatic carbocycles. The molecule has 1 saturated carbocycles. The van der Waals surface area contributed by atoms with Crippen LogP contribution < -0.4 is 9.47 Å². The van der Waals surface area contributed by atoms with Crippen LogP contribution in [0.15, 0.2) is 18.2 Å². The normalized spacial score (nSPS) is 15.4. The van der Waals surface area contributed by atoms with Crippen molar-refractivity contribution in [2.75, 3.05) is 13.7 Å². The summed E-state index contributed by atoms with van der Waals surface area (Å²) in [5, 5.41) is 8.94. The SMILES string of the molecule is COc1cc(C#N)cc(OCC(=O)C2CCCCC2)c1. The minimum atomic E-state index is 0.0721. The van der Waals surface area contributed by atoms with Crippen LogP contribution in [0.25, 0.3) is 0 Å². The zero-order valence-electron chi connectivity index (χ0n) is 11.7. The molecular formula is C16H19NO3. The van der Waals surface area contributed by atoms with E-state index in [0.717, 1.165) is 25.7 Å². The van der Waals surface area contributed by atoms with Gasteiger partial charge in [0.2, 0.25) is 0 Å². The Bertz CT molecular complexity index is 513. The van der Waals surface area contributed by atoms with Gasteiger partial charge in [-0.15, -0.1) is 0 Å². The number of ketones is 1. The van der Waals surface area contributed by atoms with Gasteiger partial charge >= 0.3 is 0 Å². The van der Waals surface area contributed by atoms with Gasteiger partial charge in [-0.1, -0.05) is 19.3 Å². The van der Waals surface area contributed by atoms with Gasteiger partial charge in [0, 0.05) is 12.0 Å². The molecule has 0 heterocycles. The molecular weight excluding hydrogens is 254 g/mol. The van der Waals surface area contributed by atoms with E-state index in [9.17, 15) is 4.79 Å². The molecule has 0 amide bonds. The van der Waals surface area contributed by atoms with Crippen molar-refractivity contribution in [1.82, 2.24) is 0 Å². The van der Waals surface area contributed by atoms with E-state index in [2.05, 4.69) is 0 Å². The Balaban J connectivity index is 1.96. The van der Waals surface area contributed by atoms with E-state index in [4.69, 9.17) is 14.7 Å². The number of hydrogen-bond acceptors (Lipinski definition) is 4. The van der Waals surface area contributed by atoms with Crippen molar-refractivity contribution < 1.29 is 14.3 Å². The van der Waals surface area contributed by atoms with Gasteiger partial charge in [-0.3, -0.25) is 4.79 Å². The van der Waals surface area contributed by atoms with Crippen molar-refractivity contribution >= 4 is 5.78 Å². The summed E-state index contributed by atoms with van der Waals surface area (Å²) in [5.74, 6) is 1.37. The third-order valence-electron chi connectivity index (χ3n) is 3.69. The molecule has 1 fully saturated rings. The van der Waals surface area contributed by atoms with Crippen molar-refractivity contribution in [2.24, 2.45) is 5.92 Å². The quantitative estimate of drug-likeness (QED) is 0.827. The summed E-state index contributed by atoms with van der Waals surface area (Å²) < 4.78 is 10.6. The number of methoxy groups -OCH3 is 1. The first-order valence-corrected chi connectivity index (χ1v) is 6.97. The average Bonchev–Trinajstić information content (AvgIpc) is 2.53. The van der Waals surface area contributed by atoms with Gasteiger partial charge in [0.1, 0.15) is 18.1 Å². The first-order valence-electron chi connectivity index (χ1n) is 6.97. The van der Waals surface area contributed by atoms with Crippen molar-refractivity contribution in [3.8, 4) is 17.6 Å². The van der Waals surface area contributed by atoms with Gasteiger partial charge in [0.25, 0.3) is 0 Å². The molecule has 0 radical (unpaired) electrons. The molecule has 106 valence electrons. The second kappa shape index (κ2) is 6.95. The Morgan fingerprint density at radius 1 is 1.25 bits per heavy atom. The van der Waals surface area contributed by atoms with E-state index in [1.54, 1.807) is 18.2 Å². The van der Waals surface area contributed by atoms with Gasteiger partial charge in [0.05, 0.1) is 18.7 Å². The van der Waals surface area contributed by atoms with Crippen LogP contribution in [-0.2, 0) is 4.79 Å². The lowest BCUT2D eigenvalue weighted by Gasteiger charge is -2.20. The lowest BCUT2D eigenvalue weighted by molar-refractivity contribution is -0.125. The van der Waals surface area contributed by atoms with Crippen LogP contribution in [-0.4, -0.2) is 19.5 Å². The molecule has 4 nitrogen and oxygen atoms in total. The van der Waals surface area contributed by atoms with E-state index in [0.29, 0.717) is 17.1 Å². The van der Waals surface area contributed by atoms with E-state index < -0.39 is 0 Å². The fourth-order valence-corrected chi connectivity index (χ4v) is 2.53. The van der Waals surface area contributed by atoms with Crippen LogP contribution in [0.3, 0.4) is 0 Å². The zero-order chi connectivity index (χ0) is 14.4. The first-order chi connectivity index (χ1) is 9.72. The summed E-state index contributed by atoms with van der Waals surface area (Å²) in [5.41, 5.74) is 0.462. The van der Waals surface area contributed by atoms with E-state index in [1.807, 2.05) is 6.07 Å². The Kier molecular flexibility index (Phi) is 5.00. The molecule has 0 unspecified atom stereocenters. The lowest BCUT2D eigenvalue weighted by Crippen LogP contribution is -2.23. The van der Waals surface area contributed by atoms with Crippen LogP contribution in [0.2, 0.25) is 0 Å². The Labute approximate surface area is 119 Å². The lowest BCUT2D eigenvalue weighted by atomic mass is 9.86. The van der Waals surface area contributed by atoms with Gasteiger partial charge < -0.3 is 9.47 Å². The highest BCUT2D eigenvalue weighted by Gasteiger charge is 2.21. The maximum absolute atomic E-state index is 12.1. The molecule has 0 aromatic heterocycles. The van der Waals surface area contributed by atoms with Gasteiger partial charge in [0.15, 0.2) is 5.78 Å². The molecule has 4 heteroatoms. The number of nitriles is 1. The summed E-state index contributed by atoms with van der Waals surface area (Å²) in [7, 11) is 1.54. The number of carbonyl (C=O) groups is 1. The molecule has 0 atom stereocenters. The van der Waals surface area contributed by atoms with Gasteiger partial charge in [-0.05, 0) is 25.0 Å². The second-order valence-corrected chi connectivity index (χ2v) is 5.10. The molecule has 0 N–H and O–H groups in total. The highest BCUT2D eigenvalue weighted by molar-refractivity contribution is 5.82. The molecule has 20 heavy (non-hydrogen) atoms. The minimum absolute atomic E-state index is 0.0721. The Morgan fingerprint density at radius 2 is 1.95 bits per heavy atom. The van der Waals surface area contributed by atoms with Crippen molar-refractivity contribution in [2.45, 2.75) is 32.1 Å². The van der Waals surface area contributed by atoms with E-state index >= 15 is 0 Å². The molecule has 0 aliphatic heterocycles. The summed E-state index contributed by atoms with van der Waals surface area (Å²) in [6, 6.07) is 6.99. The molecule has 0 spiro atoms. The number of nitrogens with zero attached hydrogens (tertiary/aromatic N) is 1. The third kappa shape index (κ3) is 3.74. The largest absolute Gasteiger partial charge is 0.497 e. The van der Waals surface area contributed by atoms with E-state index in [-0.39, 0.29) is 18.3 Å². The predicted octanol–water partition coefficient (Wildman–Crippen LogP) is 3.10. The van der Waals surface area contributed by atoms with Crippen LogP contribution in [0.5, 0.6) is 11.5 Å². The molecule has 0 bridgehead atoms. The molecule has 1 aliphatic rings. The third-order valence-corrected chi connectivity index (χ3v) is 3.69. The molecule has 0 saturated heterocycles. The van der Waals surface area contributed by atoms with Crippen LogP contribution >= 0.6 is 0 Å². The Hall–Kier alpha value is -2.02. The number of carbonyl (C=O) groups excluding carboxylic acids is 1. The summed E-state index contributed by atoms with van der Waals surface area (Å²) in [6.07, 6.45) is 5.45. The standard InChI is InChI=1S/C16H19NO3/c1-19-14-7-12(10-17)8-15(9-14)20-11-16(18)13-5-3-2-4-6-13/h7-9,13H,2-6,11H2,1H3.